The van der Waals surface area contributed by atoms with Crippen LogP contribution in [-0.2, 0) is 19.9 Å². The minimum absolute atomic E-state index is 0.000921. The Morgan fingerprint density at radius 2 is 1.90 bits per heavy atom. The number of nitrogen functional groups attached to an aromatic ring is 1. The molecule has 0 aliphatic carbocycles. The van der Waals surface area contributed by atoms with Gasteiger partial charge >= 0.3 is 0 Å². The highest BCUT2D eigenvalue weighted by Crippen LogP contribution is 2.24. The summed E-state index contributed by atoms with van der Waals surface area (Å²) in [5, 5.41) is -0.639. The lowest BCUT2D eigenvalue weighted by Gasteiger charge is -2.14. The lowest BCUT2D eigenvalue weighted by atomic mass is 10.1. The topological polar surface area (TPSA) is 106 Å². The number of hydrogen-bond donors (Lipinski definition) is 2. The van der Waals surface area contributed by atoms with E-state index in [2.05, 4.69) is 4.72 Å². The van der Waals surface area contributed by atoms with Crippen LogP contribution in [0.4, 0.5) is 5.69 Å². The van der Waals surface area contributed by atoms with Gasteiger partial charge in [-0.3, -0.25) is 0 Å². The van der Waals surface area contributed by atoms with E-state index in [9.17, 15) is 16.8 Å². The molecule has 0 radical (unpaired) electrons. The van der Waals surface area contributed by atoms with Crippen molar-refractivity contribution in [1.82, 2.24) is 4.72 Å². The van der Waals surface area contributed by atoms with Crippen molar-refractivity contribution in [3.05, 3.63) is 23.3 Å². The van der Waals surface area contributed by atoms with Crippen molar-refractivity contribution >= 4 is 25.5 Å². The molecule has 1 aromatic carbocycles. The summed E-state index contributed by atoms with van der Waals surface area (Å²) < 4.78 is 50.4. The Balaban J connectivity index is 2.22. The van der Waals surface area contributed by atoms with Crippen LogP contribution in [0.1, 0.15) is 24.0 Å². The number of nitrogens with two attached hydrogens (primary N) is 1. The average Bonchev–Trinajstić information content (AvgIpc) is 2.70. The summed E-state index contributed by atoms with van der Waals surface area (Å²) in [6.45, 7) is 3.55. The highest BCUT2D eigenvalue weighted by molar-refractivity contribution is 7.92. The second kappa shape index (κ2) is 5.58. The summed E-state index contributed by atoms with van der Waals surface area (Å²) in [6, 6.07) is 3.12. The maximum atomic E-state index is 12.3. The quantitative estimate of drug-likeness (QED) is 0.791. The molecule has 1 saturated heterocycles. The van der Waals surface area contributed by atoms with Crippen LogP contribution in [0.5, 0.6) is 0 Å². The van der Waals surface area contributed by atoms with E-state index in [4.69, 9.17) is 5.73 Å². The first-order valence-electron chi connectivity index (χ1n) is 6.71. The molecule has 6 nitrogen and oxygen atoms in total. The summed E-state index contributed by atoms with van der Waals surface area (Å²) in [5.74, 6) is 0.130. The van der Waals surface area contributed by atoms with Crippen LogP contribution in [0.3, 0.4) is 0 Å². The number of benzene rings is 1. The Bertz CT molecular complexity index is 755. The van der Waals surface area contributed by atoms with Crippen LogP contribution in [0.15, 0.2) is 17.0 Å². The van der Waals surface area contributed by atoms with Crippen LogP contribution >= 0.6 is 0 Å². The van der Waals surface area contributed by atoms with Crippen LogP contribution in [0.25, 0.3) is 0 Å². The van der Waals surface area contributed by atoms with Crippen LogP contribution in [0, 0.1) is 13.8 Å². The zero-order chi connectivity index (χ0) is 15.8. The minimum atomic E-state index is -3.81. The third-order valence-electron chi connectivity index (χ3n) is 3.88. The first kappa shape index (κ1) is 16.3. The number of hydrogen-bond acceptors (Lipinski definition) is 5. The summed E-state index contributed by atoms with van der Waals surface area (Å²) in [6.07, 6.45) is 1.08. The molecule has 21 heavy (non-hydrogen) atoms. The average molecular weight is 332 g/mol. The Morgan fingerprint density at radius 3 is 2.48 bits per heavy atom. The van der Waals surface area contributed by atoms with Gasteiger partial charge in [-0.15, -0.1) is 0 Å². The maximum absolute atomic E-state index is 12.3. The molecule has 1 aliphatic rings. The summed E-state index contributed by atoms with van der Waals surface area (Å²) in [4.78, 5) is 0.000921. The van der Waals surface area contributed by atoms with Gasteiger partial charge in [0.25, 0.3) is 0 Å². The number of nitrogens with one attached hydrogen (secondary N) is 1. The van der Waals surface area contributed by atoms with Gasteiger partial charge in [0.15, 0.2) is 9.84 Å². The molecule has 1 atom stereocenters. The molecule has 0 amide bonds. The highest BCUT2D eigenvalue weighted by atomic mass is 32.2. The molecule has 1 aromatic rings. The lowest BCUT2D eigenvalue weighted by molar-refractivity contribution is 0.571. The molecule has 1 aliphatic heterocycles. The van der Waals surface area contributed by atoms with Gasteiger partial charge in [0.1, 0.15) is 4.90 Å². The van der Waals surface area contributed by atoms with Crippen molar-refractivity contribution in [2.24, 2.45) is 0 Å². The molecule has 1 unspecified atom stereocenters. The van der Waals surface area contributed by atoms with Crippen LogP contribution < -0.4 is 10.5 Å². The largest absolute Gasteiger partial charge is 0.398 e. The molecule has 3 N–H and O–H groups in total. The number of sulfone groups is 1. The Kier molecular flexibility index (Phi) is 4.32. The third kappa shape index (κ3) is 3.38. The highest BCUT2D eigenvalue weighted by Gasteiger charge is 2.32. The molecule has 1 heterocycles. The molecule has 0 bridgehead atoms. The fourth-order valence-electron chi connectivity index (χ4n) is 2.41. The smallest absolute Gasteiger partial charge is 0.242 e. The monoisotopic (exact) mass is 332 g/mol. The Hall–Kier alpha value is -1.12. The maximum Gasteiger partial charge on any atom is 0.242 e. The van der Waals surface area contributed by atoms with E-state index in [1.54, 1.807) is 13.0 Å². The molecular formula is C13H20N2O4S2. The van der Waals surface area contributed by atoms with E-state index < -0.39 is 25.1 Å². The molecule has 118 valence electrons. The van der Waals surface area contributed by atoms with Crippen molar-refractivity contribution < 1.29 is 16.8 Å². The summed E-state index contributed by atoms with van der Waals surface area (Å²) in [7, 11) is -6.98. The van der Waals surface area contributed by atoms with E-state index >= 15 is 0 Å². The standard InChI is InChI=1S/C13H20N2O4S2/c1-9-6-12(14)13(7-10(9)2)21(18,19)15-8-11-4-3-5-20(11,16)17/h6-7,11,15H,3-5,8,14H2,1-2H3. The predicted molar refractivity (Wildman–Crippen MR) is 82.3 cm³/mol. The molecule has 8 heteroatoms. The number of rotatable bonds is 4. The molecular weight excluding hydrogens is 312 g/mol. The Morgan fingerprint density at radius 1 is 1.29 bits per heavy atom. The van der Waals surface area contributed by atoms with E-state index in [-0.39, 0.29) is 22.9 Å². The van der Waals surface area contributed by atoms with Gasteiger partial charge in [-0.05, 0) is 49.9 Å². The number of anilines is 1. The van der Waals surface area contributed by atoms with Gasteiger partial charge in [0.2, 0.25) is 10.0 Å². The molecule has 0 spiro atoms. The van der Waals surface area contributed by atoms with Crippen molar-refractivity contribution in [3.8, 4) is 0 Å². The fraction of sp³-hybridized carbons (Fsp3) is 0.538. The van der Waals surface area contributed by atoms with Crippen molar-refractivity contribution in [2.75, 3.05) is 18.0 Å². The van der Waals surface area contributed by atoms with E-state index in [1.807, 2.05) is 6.92 Å². The van der Waals surface area contributed by atoms with Crippen molar-refractivity contribution in [2.45, 2.75) is 36.8 Å². The van der Waals surface area contributed by atoms with Gasteiger partial charge in [-0.1, -0.05) is 0 Å². The lowest BCUT2D eigenvalue weighted by Crippen LogP contribution is -2.35. The minimum Gasteiger partial charge on any atom is -0.398 e. The fourth-order valence-corrected chi connectivity index (χ4v) is 5.56. The molecule has 0 saturated carbocycles. The van der Waals surface area contributed by atoms with Gasteiger partial charge in [0, 0.05) is 6.54 Å². The third-order valence-corrected chi connectivity index (χ3v) is 7.63. The Labute approximate surface area is 125 Å². The van der Waals surface area contributed by atoms with Crippen LogP contribution in [0.2, 0.25) is 0 Å². The van der Waals surface area contributed by atoms with Gasteiger partial charge in [-0.25, -0.2) is 21.6 Å². The summed E-state index contributed by atoms with van der Waals surface area (Å²) >= 11 is 0. The molecule has 1 fully saturated rings. The zero-order valence-electron chi connectivity index (χ0n) is 12.1. The number of aryl methyl sites for hydroxylation is 2. The van der Waals surface area contributed by atoms with Gasteiger partial charge < -0.3 is 5.73 Å². The first-order valence-corrected chi connectivity index (χ1v) is 9.91. The number of sulfonamides is 1. The predicted octanol–water partition coefficient (Wildman–Crippen LogP) is 0.741. The zero-order valence-corrected chi connectivity index (χ0v) is 13.7. The van der Waals surface area contributed by atoms with Crippen molar-refractivity contribution in [3.63, 3.8) is 0 Å². The van der Waals surface area contributed by atoms with Crippen LogP contribution in [-0.4, -0.2) is 34.4 Å². The molecule has 0 aromatic heterocycles. The second-order valence-electron chi connectivity index (χ2n) is 5.46. The van der Waals surface area contributed by atoms with Gasteiger partial charge in [-0.2, -0.15) is 0 Å². The molecule has 2 rings (SSSR count). The van der Waals surface area contributed by atoms with Gasteiger partial charge in [0.05, 0.1) is 16.7 Å². The van der Waals surface area contributed by atoms with E-state index in [0.717, 1.165) is 11.1 Å². The first-order chi connectivity index (χ1) is 9.63. The SMILES string of the molecule is Cc1cc(N)c(S(=O)(=O)NCC2CCCS2(=O)=O)cc1C. The normalized spacial score (nSPS) is 21.5. The van der Waals surface area contributed by atoms with E-state index in [0.29, 0.717) is 12.8 Å². The summed E-state index contributed by atoms with van der Waals surface area (Å²) in [5.41, 5.74) is 7.67. The van der Waals surface area contributed by atoms with E-state index in [1.165, 1.54) is 6.07 Å². The van der Waals surface area contributed by atoms with Crippen molar-refractivity contribution in [1.29, 1.82) is 0 Å². The second-order valence-corrected chi connectivity index (χ2v) is 9.59.